The van der Waals surface area contributed by atoms with Gasteiger partial charge >= 0.3 is 0 Å². The van der Waals surface area contributed by atoms with Gasteiger partial charge in [0.1, 0.15) is 5.76 Å². The van der Waals surface area contributed by atoms with E-state index in [1.165, 1.54) is 0 Å². The van der Waals surface area contributed by atoms with Crippen molar-refractivity contribution < 1.29 is 4.74 Å². The lowest BCUT2D eigenvalue weighted by molar-refractivity contribution is 0.424. The summed E-state index contributed by atoms with van der Waals surface area (Å²) in [6.45, 7) is 4.33. The Morgan fingerprint density at radius 3 is 3.29 bits per heavy atom. The molecule has 0 N–H and O–H groups in total. The first-order valence-electron chi connectivity index (χ1n) is 4.33. The van der Waals surface area contributed by atoms with Crippen molar-refractivity contribution in [3.8, 4) is 5.88 Å². The van der Waals surface area contributed by atoms with Crippen molar-refractivity contribution in [3.63, 3.8) is 0 Å². The molecule has 0 bridgehead atoms. The van der Waals surface area contributed by atoms with E-state index in [9.17, 15) is 0 Å². The summed E-state index contributed by atoms with van der Waals surface area (Å²) in [5.41, 5.74) is 0.966. The van der Waals surface area contributed by atoms with Gasteiger partial charge in [-0.2, -0.15) is 0 Å². The quantitative estimate of drug-likeness (QED) is 0.622. The van der Waals surface area contributed by atoms with Crippen LogP contribution in [0.2, 0.25) is 0 Å². The summed E-state index contributed by atoms with van der Waals surface area (Å²) in [6, 6.07) is 3.81. The number of hydrogen-bond donors (Lipinski definition) is 0. The average Bonchev–Trinajstić information content (AvgIpc) is 2.27. The van der Waals surface area contributed by atoms with Crippen molar-refractivity contribution in [2.45, 2.75) is 6.54 Å². The molecule has 1 aliphatic rings. The number of hydrogen-bond acceptors (Lipinski definition) is 3. The van der Waals surface area contributed by atoms with E-state index in [0.717, 1.165) is 5.56 Å². The van der Waals surface area contributed by atoms with Gasteiger partial charge in [0, 0.05) is 18.0 Å². The molecule has 1 aromatic rings. The first-order chi connectivity index (χ1) is 6.86. The van der Waals surface area contributed by atoms with Crippen molar-refractivity contribution in [2.24, 2.45) is 4.99 Å². The Bertz CT molecular complexity index is 408. The molecule has 2 heterocycles. The Morgan fingerprint density at radius 2 is 2.36 bits per heavy atom. The minimum Gasteiger partial charge on any atom is -0.439 e. The second kappa shape index (κ2) is 3.87. The lowest BCUT2D eigenvalue weighted by Gasteiger charge is -2.06. The van der Waals surface area contributed by atoms with Gasteiger partial charge in [-0.25, -0.2) is 4.98 Å². The van der Waals surface area contributed by atoms with E-state index in [0.29, 0.717) is 18.2 Å². The van der Waals surface area contributed by atoms with Gasteiger partial charge in [0.2, 0.25) is 5.88 Å². The smallest absolute Gasteiger partial charge is 0.224 e. The maximum Gasteiger partial charge on any atom is 0.224 e. The highest BCUT2D eigenvalue weighted by atomic mass is 16.5. The van der Waals surface area contributed by atoms with Crippen LogP contribution >= 0.6 is 0 Å². The predicted octanol–water partition coefficient (Wildman–Crippen LogP) is 2.11. The predicted molar refractivity (Wildman–Crippen MR) is 55.3 cm³/mol. The second-order valence-corrected chi connectivity index (χ2v) is 2.88. The van der Waals surface area contributed by atoms with Crippen molar-refractivity contribution in [1.29, 1.82) is 0 Å². The first kappa shape index (κ1) is 8.69. The summed E-state index contributed by atoms with van der Waals surface area (Å²) < 4.78 is 5.44. The molecule has 1 aromatic heterocycles. The summed E-state index contributed by atoms with van der Waals surface area (Å²) in [6.07, 6.45) is 6.98. The molecule has 3 nitrogen and oxygen atoms in total. The fraction of sp³-hybridized carbons (Fsp3) is 0.0909. The summed E-state index contributed by atoms with van der Waals surface area (Å²) in [5.74, 6) is 1.15. The van der Waals surface area contributed by atoms with Crippen LogP contribution < -0.4 is 4.74 Å². The van der Waals surface area contributed by atoms with Crippen molar-refractivity contribution >= 4 is 6.21 Å². The Kier molecular flexibility index (Phi) is 2.40. The maximum absolute atomic E-state index is 5.44. The molecule has 0 aromatic carbocycles. The Labute approximate surface area is 82.5 Å². The standard InChI is InChI=1S/C11H10N2O/c1-9-4-2-6-12-8-10-5-3-7-13-11(10)14-9/h2-7H,1,8H2/b4-2-,12-6-. The van der Waals surface area contributed by atoms with Crippen LogP contribution in [0.4, 0.5) is 0 Å². The van der Waals surface area contributed by atoms with Crippen LogP contribution in [0.1, 0.15) is 5.56 Å². The molecule has 2 rings (SSSR count). The highest BCUT2D eigenvalue weighted by molar-refractivity contribution is 5.71. The second-order valence-electron chi connectivity index (χ2n) is 2.88. The molecule has 0 radical (unpaired) electrons. The lowest BCUT2D eigenvalue weighted by Crippen LogP contribution is -1.96. The molecule has 0 aliphatic carbocycles. The Hall–Kier alpha value is -1.90. The van der Waals surface area contributed by atoms with Gasteiger partial charge < -0.3 is 4.74 Å². The van der Waals surface area contributed by atoms with Gasteiger partial charge in [0.05, 0.1) is 6.54 Å². The minimum absolute atomic E-state index is 0.568. The summed E-state index contributed by atoms with van der Waals surface area (Å²) in [7, 11) is 0. The van der Waals surface area contributed by atoms with Crippen LogP contribution in [0, 0.1) is 0 Å². The van der Waals surface area contributed by atoms with E-state index in [4.69, 9.17) is 4.74 Å². The fourth-order valence-electron chi connectivity index (χ4n) is 1.16. The van der Waals surface area contributed by atoms with E-state index in [1.54, 1.807) is 24.6 Å². The van der Waals surface area contributed by atoms with E-state index >= 15 is 0 Å². The van der Waals surface area contributed by atoms with E-state index < -0.39 is 0 Å². The van der Waals surface area contributed by atoms with Crippen LogP contribution in [-0.4, -0.2) is 11.2 Å². The number of rotatable bonds is 0. The van der Waals surface area contributed by atoms with Gasteiger partial charge in [0.25, 0.3) is 0 Å². The molecular formula is C11H10N2O. The van der Waals surface area contributed by atoms with E-state index in [-0.39, 0.29) is 0 Å². The third kappa shape index (κ3) is 1.88. The number of fused-ring (bicyclic) bond motifs is 1. The molecule has 0 atom stereocenters. The molecular weight excluding hydrogens is 176 g/mol. The zero-order valence-electron chi connectivity index (χ0n) is 7.68. The summed E-state index contributed by atoms with van der Waals surface area (Å²) in [5, 5.41) is 0. The fourth-order valence-corrected chi connectivity index (χ4v) is 1.16. The third-order valence-electron chi connectivity index (χ3n) is 1.81. The minimum atomic E-state index is 0.568. The summed E-state index contributed by atoms with van der Waals surface area (Å²) >= 11 is 0. The number of pyridine rings is 1. The van der Waals surface area contributed by atoms with Crippen molar-refractivity contribution in [1.82, 2.24) is 4.98 Å². The van der Waals surface area contributed by atoms with Gasteiger partial charge in [-0.3, -0.25) is 4.99 Å². The molecule has 70 valence electrons. The first-order valence-corrected chi connectivity index (χ1v) is 4.33. The highest BCUT2D eigenvalue weighted by Gasteiger charge is 2.05. The van der Waals surface area contributed by atoms with Crippen molar-refractivity contribution in [3.05, 3.63) is 48.4 Å². The van der Waals surface area contributed by atoms with E-state index in [2.05, 4.69) is 16.6 Å². The lowest BCUT2D eigenvalue weighted by atomic mass is 10.3. The van der Waals surface area contributed by atoms with Gasteiger partial charge in [-0.15, -0.1) is 0 Å². The van der Waals surface area contributed by atoms with Gasteiger partial charge in [0.15, 0.2) is 0 Å². The molecule has 0 spiro atoms. The topological polar surface area (TPSA) is 34.5 Å². The SMILES string of the molecule is C=C1/C=C\C=N/Cc2cccnc2O1. The van der Waals surface area contributed by atoms with Crippen molar-refractivity contribution in [2.75, 3.05) is 0 Å². The summed E-state index contributed by atoms with van der Waals surface area (Å²) in [4.78, 5) is 8.32. The van der Waals surface area contributed by atoms with Gasteiger partial charge in [-0.05, 0) is 18.2 Å². The highest BCUT2D eigenvalue weighted by Crippen LogP contribution is 2.18. The van der Waals surface area contributed by atoms with Crippen LogP contribution in [0.5, 0.6) is 5.88 Å². The molecule has 0 unspecified atom stereocenters. The number of aliphatic imine (C=N–C) groups is 1. The molecule has 14 heavy (non-hydrogen) atoms. The molecule has 0 saturated carbocycles. The maximum atomic E-state index is 5.44. The normalized spacial score (nSPS) is 19.6. The number of aromatic nitrogens is 1. The molecule has 0 saturated heterocycles. The number of ether oxygens (including phenoxy) is 1. The molecule has 0 fully saturated rings. The zero-order chi connectivity index (χ0) is 9.80. The number of allylic oxidation sites excluding steroid dienone is 2. The van der Waals surface area contributed by atoms with Crippen LogP contribution in [0.3, 0.4) is 0 Å². The molecule has 0 amide bonds. The van der Waals surface area contributed by atoms with Crippen LogP contribution in [-0.2, 0) is 6.54 Å². The molecule has 3 heteroatoms. The van der Waals surface area contributed by atoms with Crippen LogP contribution in [0.25, 0.3) is 0 Å². The zero-order valence-corrected chi connectivity index (χ0v) is 7.68. The largest absolute Gasteiger partial charge is 0.439 e. The number of nitrogens with zero attached hydrogens (tertiary/aromatic N) is 2. The van der Waals surface area contributed by atoms with E-state index in [1.807, 2.05) is 12.1 Å². The Morgan fingerprint density at radius 1 is 1.43 bits per heavy atom. The Balaban J connectivity index is 2.39. The van der Waals surface area contributed by atoms with Crippen LogP contribution in [0.15, 0.2) is 47.8 Å². The monoisotopic (exact) mass is 186 g/mol. The van der Waals surface area contributed by atoms with Gasteiger partial charge in [-0.1, -0.05) is 12.6 Å². The average molecular weight is 186 g/mol. The molecule has 1 aliphatic heterocycles. The third-order valence-corrected chi connectivity index (χ3v) is 1.81.